The smallest absolute Gasteiger partial charge is 0.335 e. The van der Waals surface area contributed by atoms with Crippen molar-refractivity contribution < 1.29 is 49.1 Å². The molecule has 0 unspecified atom stereocenters. The summed E-state index contributed by atoms with van der Waals surface area (Å²) in [4.78, 5) is 46.0. The highest BCUT2D eigenvalue weighted by Gasteiger charge is 2.21. The van der Waals surface area contributed by atoms with Gasteiger partial charge < -0.3 is 29.9 Å². The predicted octanol–water partition coefficient (Wildman–Crippen LogP) is 9.07. The average Bonchev–Trinajstić information content (AvgIpc) is 4.01. The molecule has 0 aliphatic heterocycles. The second kappa shape index (κ2) is 19.2. The van der Waals surface area contributed by atoms with Gasteiger partial charge in [0.1, 0.15) is 11.4 Å². The molecule has 0 bridgehead atoms. The fourth-order valence-electron chi connectivity index (χ4n) is 7.35. The number of ether oxygens (including phenoxy) is 2. The highest BCUT2D eigenvalue weighted by atomic mass is 16.5. The second-order valence-corrected chi connectivity index (χ2v) is 16.5. The van der Waals surface area contributed by atoms with E-state index in [2.05, 4.69) is 20.6 Å². The largest absolute Gasteiger partial charge is 0.478 e. The molecule has 8 rings (SSSR count). The van der Waals surface area contributed by atoms with Crippen LogP contribution in [0.15, 0.2) is 146 Å². The van der Waals surface area contributed by atoms with E-state index in [9.17, 15) is 39.6 Å². The molecule has 336 valence electrons. The highest BCUT2D eigenvalue weighted by Crippen LogP contribution is 2.34. The van der Waals surface area contributed by atoms with Gasteiger partial charge in [0.05, 0.1) is 72.4 Å². The Balaban J connectivity index is 0.932. The van der Waals surface area contributed by atoms with Gasteiger partial charge in [0.15, 0.2) is 0 Å². The van der Waals surface area contributed by atoms with Gasteiger partial charge in [-0.3, -0.25) is 0 Å². The van der Waals surface area contributed by atoms with Gasteiger partial charge in [-0.25, -0.2) is 28.5 Å². The van der Waals surface area contributed by atoms with E-state index in [0.717, 1.165) is 44.5 Å². The van der Waals surface area contributed by atoms with Crippen LogP contribution < -0.4 is 0 Å². The Bertz CT molecular complexity index is 2900. The van der Waals surface area contributed by atoms with Crippen molar-refractivity contribution in [2.75, 3.05) is 13.2 Å². The van der Waals surface area contributed by atoms with Crippen LogP contribution >= 0.6 is 0 Å². The summed E-state index contributed by atoms with van der Waals surface area (Å²) in [7, 11) is 0. The molecule has 0 saturated heterocycles. The van der Waals surface area contributed by atoms with Crippen molar-refractivity contribution in [2.24, 2.45) is 5.41 Å². The molecule has 0 aliphatic carbocycles. The molecule has 16 nitrogen and oxygen atoms in total. The minimum Gasteiger partial charge on any atom is -0.478 e. The van der Waals surface area contributed by atoms with Gasteiger partial charge in [0, 0.05) is 16.5 Å². The Morgan fingerprint density at radius 1 is 0.448 bits per heavy atom. The molecule has 8 aromatic rings. The van der Waals surface area contributed by atoms with Crippen LogP contribution in [0.1, 0.15) is 66.7 Å². The molecule has 2 aromatic heterocycles. The third-order valence-electron chi connectivity index (χ3n) is 10.9. The molecule has 0 spiro atoms. The number of hydrogen-bond acceptors (Lipinski definition) is 10. The maximum atomic E-state index is 11.5. The van der Waals surface area contributed by atoms with Gasteiger partial charge in [0.2, 0.25) is 0 Å². The molecule has 16 heteroatoms. The van der Waals surface area contributed by atoms with E-state index in [0.29, 0.717) is 36.0 Å². The van der Waals surface area contributed by atoms with E-state index >= 15 is 0 Å². The fraction of sp³-hybridized carbons (Fsp3) is 0.137. The Morgan fingerprint density at radius 2 is 0.746 bits per heavy atom. The summed E-state index contributed by atoms with van der Waals surface area (Å²) in [6, 6.07) is 37.6. The molecule has 6 aromatic carbocycles. The topological polar surface area (TPSA) is 229 Å². The van der Waals surface area contributed by atoms with Crippen molar-refractivity contribution in [3.8, 4) is 55.9 Å². The van der Waals surface area contributed by atoms with Gasteiger partial charge in [0.25, 0.3) is 0 Å². The normalized spacial score (nSPS) is 11.4. The third kappa shape index (κ3) is 10.5. The highest BCUT2D eigenvalue weighted by molar-refractivity contribution is 5.91. The monoisotopic (exact) mass is 898 g/mol. The number of benzene rings is 6. The van der Waals surface area contributed by atoms with Crippen LogP contribution in [0.2, 0.25) is 0 Å². The molecule has 2 heterocycles. The molecule has 67 heavy (non-hydrogen) atoms. The molecule has 0 saturated carbocycles. The van der Waals surface area contributed by atoms with Crippen LogP contribution in [0.25, 0.3) is 55.9 Å². The number of aromatic carboxylic acids is 4. The molecular weight excluding hydrogens is 857 g/mol. The summed E-state index contributed by atoms with van der Waals surface area (Å²) in [5, 5.41) is 55.2. The Hall–Kier alpha value is -8.60. The van der Waals surface area contributed by atoms with Gasteiger partial charge in [-0.1, -0.05) is 97.1 Å². The van der Waals surface area contributed by atoms with Crippen molar-refractivity contribution in [1.29, 1.82) is 0 Å². The van der Waals surface area contributed by atoms with Crippen molar-refractivity contribution in [1.82, 2.24) is 30.0 Å². The lowest BCUT2D eigenvalue weighted by molar-refractivity contribution is -0.0156. The minimum absolute atomic E-state index is 0.154. The first-order valence-electron chi connectivity index (χ1n) is 20.8. The first kappa shape index (κ1) is 45.0. The fourth-order valence-corrected chi connectivity index (χ4v) is 7.35. The standard InChI is InChI=1S/C51H42N6O10/c1-51(2,29-66-27-41-25-56(54-52-41)45-23-39(31-3-11-35(12-4-31)47(58)59)19-21-43(45)33-7-15-37(16-8-33)49(62)63)30-67-28-42-26-57(55-53-42)46-24-40(32-5-13-36(14-6-32)48(60)61)20-22-44(46)34-9-17-38(18-10-34)50(64)65/h3-26H,27-30H2,1-2H3,(H,58,59)(H,60,61)(H,62,63)(H,64,65). The van der Waals surface area contributed by atoms with Crippen molar-refractivity contribution in [3.05, 3.63) is 179 Å². The quantitative estimate of drug-likeness (QED) is 0.0630. The maximum absolute atomic E-state index is 11.5. The lowest BCUT2D eigenvalue weighted by atomic mass is 9.96. The first-order chi connectivity index (χ1) is 32.2. The lowest BCUT2D eigenvalue weighted by Crippen LogP contribution is -2.25. The Kier molecular flexibility index (Phi) is 12.9. The minimum atomic E-state index is -1.03. The van der Waals surface area contributed by atoms with Crippen LogP contribution in [-0.2, 0) is 22.7 Å². The van der Waals surface area contributed by atoms with Gasteiger partial charge >= 0.3 is 23.9 Å². The molecule has 0 aliphatic rings. The van der Waals surface area contributed by atoms with E-state index in [1.165, 1.54) is 24.3 Å². The zero-order valence-electron chi connectivity index (χ0n) is 36.1. The van der Waals surface area contributed by atoms with Gasteiger partial charge in [-0.15, -0.1) is 10.2 Å². The number of rotatable bonds is 18. The molecule has 4 N–H and O–H groups in total. The molecule has 0 atom stereocenters. The summed E-state index contributed by atoms with van der Waals surface area (Å²) in [5.74, 6) is -4.10. The van der Waals surface area contributed by atoms with Crippen LogP contribution in [-0.4, -0.2) is 87.5 Å². The van der Waals surface area contributed by atoms with E-state index < -0.39 is 29.3 Å². The Morgan fingerprint density at radius 3 is 1.06 bits per heavy atom. The van der Waals surface area contributed by atoms with E-state index in [4.69, 9.17) is 9.47 Å². The average molecular weight is 899 g/mol. The van der Waals surface area contributed by atoms with Gasteiger partial charge in [-0.05, 0) is 94.0 Å². The molecule has 0 fully saturated rings. The Labute approximate surface area is 382 Å². The zero-order chi connectivity index (χ0) is 47.2. The SMILES string of the molecule is CC(C)(COCc1cn(-c2cc(-c3ccc(C(=O)O)cc3)ccc2-c2ccc(C(=O)O)cc2)nn1)COCc1cn(-c2cc(-c3ccc(C(=O)O)cc3)ccc2-c2ccc(C(=O)O)cc2)nn1. The van der Waals surface area contributed by atoms with E-state index in [1.807, 2.05) is 50.2 Å². The van der Waals surface area contributed by atoms with Crippen molar-refractivity contribution in [3.63, 3.8) is 0 Å². The van der Waals surface area contributed by atoms with Crippen LogP contribution in [0.3, 0.4) is 0 Å². The molecule has 0 amide bonds. The van der Waals surface area contributed by atoms with Crippen LogP contribution in [0.4, 0.5) is 0 Å². The van der Waals surface area contributed by atoms with E-state index in [1.54, 1.807) is 94.6 Å². The summed E-state index contributed by atoms with van der Waals surface area (Å²) >= 11 is 0. The van der Waals surface area contributed by atoms with Crippen LogP contribution in [0.5, 0.6) is 0 Å². The number of aromatic nitrogens is 6. The van der Waals surface area contributed by atoms with Crippen molar-refractivity contribution in [2.45, 2.75) is 27.1 Å². The molecular formula is C51H42N6O10. The third-order valence-corrected chi connectivity index (χ3v) is 10.9. The van der Waals surface area contributed by atoms with Crippen LogP contribution in [0, 0.1) is 5.41 Å². The maximum Gasteiger partial charge on any atom is 0.335 e. The predicted molar refractivity (Wildman–Crippen MR) is 245 cm³/mol. The summed E-state index contributed by atoms with van der Waals surface area (Å²) in [6.45, 7) is 4.96. The van der Waals surface area contributed by atoms with Crippen molar-refractivity contribution >= 4 is 23.9 Å². The number of carboxylic acids is 4. The lowest BCUT2D eigenvalue weighted by Gasteiger charge is -2.23. The number of carbonyl (C=O) groups is 4. The number of carboxylic acid groups (broad SMARTS) is 4. The number of hydrogen-bond donors (Lipinski definition) is 4. The van der Waals surface area contributed by atoms with E-state index in [-0.39, 0.29) is 35.5 Å². The summed E-state index contributed by atoms with van der Waals surface area (Å²) in [6.07, 6.45) is 3.52. The number of nitrogens with zero attached hydrogens (tertiary/aromatic N) is 6. The second-order valence-electron chi connectivity index (χ2n) is 16.5. The first-order valence-corrected chi connectivity index (χ1v) is 20.8. The molecule has 0 radical (unpaired) electrons. The van der Waals surface area contributed by atoms with Gasteiger partial charge in [-0.2, -0.15) is 0 Å². The summed E-state index contributed by atoms with van der Waals surface area (Å²) in [5.41, 5.74) is 8.94. The summed E-state index contributed by atoms with van der Waals surface area (Å²) < 4.78 is 15.5. The zero-order valence-corrected chi connectivity index (χ0v) is 36.1.